The summed E-state index contributed by atoms with van der Waals surface area (Å²) in [4.78, 5) is 16.0. The molecule has 122 valence electrons. The van der Waals surface area contributed by atoms with E-state index < -0.39 is 0 Å². The molecule has 1 aliphatic rings. The van der Waals surface area contributed by atoms with Crippen LogP contribution < -0.4 is 10.1 Å². The molecule has 0 radical (unpaired) electrons. The second-order valence-corrected chi connectivity index (χ2v) is 7.49. The molecule has 1 aliphatic carbocycles. The summed E-state index contributed by atoms with van der Waals surface area (Å²) in [6, 6.07) is 6.29. The van der Waals surface area contributed by atoms with Crippen molar-refractivity contribution >= 4 is 29.5 Å². The second-order valence-electron chi connectivity index (χ2n) is 5.72. The van der Waals surface area contributed by atoms with Crippen LogP contribution in [-0.2, 0) is 24.1 Å². The van der Waals surface area contributed by atoms with Crippen LogP contribution in [0.25, 0.3) is 0 Å². The molecule has 0 aliphatic heterocycles. The van der Waals surface area contributed by atoms with Crippen molar-refractivity contribution < 1.29 is 9.53 Å². The number of fused-ring (bicyclic) bond motifs is 1. The van der Waals surface area contributed by atoms with Crippen molar-refractivity contribution in [3.05, 3.63) is 43.9 Å². The molecule has 1 aromatic heterocycles. The molecule has 0 bridgehead atoms. The monoisotopic (exact) mass is 348 g/mol. The van der Waals surface area contributed by atoms with Crippen molar-refractivity contribution in [2.45, 2.75) is 32.6 Å². The zero-order chi connectivity index (χ0) is 16.2. The zero-order valence-corrected chi connectivity index (χ0v) is 14.7. The van der Waals surface area contributed by atoms with Gasteiger partial charge in [0.1, 0.15) is 12.4 Å². The van der Waals surface area contributed by atoms with E-state index >= 15 is 0 Å². The number of benzene rings is 1. The number of ether oxygens (including phenoxy) is 1. The summed E-state index contributed by atoms with van der Waals surface area (Å²) in [6.45, 7) is 2.92. The van der Waals surface area contributed by atoms with Gasteiger partial charge in [-0.1, -0.05) is 6.07 Å². The topological polar surface area (TPSA) is 54.1 Å². The molecule has 0 spiro atoms. The second kappa shape index (κ2) is 7.27. The molecule has 1 amide bonds. The third kappa shape index (κ3) is 4.20. The Bertz CT molecular complexity index is 764. The van der Waals surface area contributed by atoms with Gasteiger partial charge in [-0.3, -0.25) is 4.79 Å². The Hall–Kier alpha value is -1.66. The maximum atomic E-state index is 11.9. The lowest BCUT2D eigenvalue weighted by Gasteiger charge is -2.09. The molecule has 2 N–H and O–H groups in total. The fourth-order valence-corrected chi connectivity index (χ4v) is 4.10. The van der Waals surface area contributed by atoms with Gasteiger partial charge in [-0.2, -0.15) is 0 Å². The molecule has 3 rings (SSSR count). The minimum atomic E-state index is -0.00379. The number of aromatic amines is 1. The van der Waals surface area contributed by atoms with E-state index in [0.29, 0.717) is 23.5 Å². The van der Waals surface area contributed by atoms with Gasteiger partial charge in [0.2, 0.25) is 5.91 Å². The first kappa shape index (κ1) is 16.2. The summed E-state index contributed by atoms with van der Waals surface area (Å²) >= 11 is 6.54. The number of thiazole rings is 1. The highest BCUT2D eigenvalue weighted by atomic mass is 32.1. The van der Waals surface area contributed by atoms with Crippen LogP contribution >= 0.6 is 23.6 Å². The first-order valence-corrected chi connectivity index (χ1v) is 9.04. The van der Waals surface area contributed by atoms with E-state index in [1.807, 2.05) is 13.0 Å². The number of aromatic nitrogens is 1. The van der Waals surface area contributed by atoms with Crippen LogP contribution in [0.3, 0.4) is 0 Å². The van der Waals surface area contributed by atoms with Gasteiger partial charge in [0, 0.05) is 10.6 Å². The minimum absolute atomic E-state index is 0.00379. The number of hydrogen-bond acceptors (Lipinski definition) is 4. The normalized spacial score (nSPS) is 12.9. The number of carbonyl (C=O) groups is 1. The third-order valence-electron chi connectivity index (χ3n) is 4.01. The Morgan fingerprint density at radius 3 is 3.00 bits per heavy atom. The molecule has 1 heterocycles. The number of aryl methyl sites for hydroxylation is 3. The van der Waals surface area contributed by atoms with Gasteiger partial charge in [0.05, 0.1) is 13.0 Å². The Morgan fingerprint density at radius 1 is 1.39 bits per heavy atom. The highest BCUT2D eigenvalue weighted by Crippen LogP contribution is 2.25. The minimum Gasteiger partial charge on any atom is -0.492 e. The average Bonchev–Trinajstić information content (AvgIpc) is 3.09. The van der Waals surface area contributed by atoms with E-state index in [0.717, 1.165) is 22.7 Å². The van der Waals surface area contributed by atoms with Gasteiger partial charge < -0.3 is 15.0 Å². The zero-order valence-electron chi connectivity index (χ0n) is 13.1. The molecule has 0 fully saturated rings. The predicted octanol–water partition coefficient (Wildman–Crippen LogP) is 3.34. The standard InChI is InChI=1S/C17H20N2O2S2/c1-11-15(23-17(22)19-11)10-16(20)18-7-8-21-14-6-5-12-3-2-4-13(12)9-14/h5-6,9H,2-4,7-8,10H2,1H3,(H,18,20)(H,19,22). The SMILES string of the molecule is Cc1[nH]c(=S)sc1CC(=O)NCCOc1ccc2c(c1)CCC2. The van der Waals surface area contributed by atoms with Crippen molar-refractivity contribution in [1.29, 1.82) is 0 Å². The maximum absolute atomic E-state index is 11.9. The highest BCUT2D eigenvalue weighted by molar-refractivity contribution is 7.73. The van der Waals surface area contributed by atoms with E-state index in [9.17, 15) is 4.79 Å². The number of nitrogens with one attached hydrogen (secondary N) is 2. The lowest BCUT2D eigenvalue weighted by Crippen LogP contribution is -2.29. The van der Waals surface area contributed by atoms with Crippen LogP contribution in [0.5, 0.6) is 5.75 Å². The van der Waals surface area contributed by atoms with Crippen molar-refractivity contribution in [3.63, 3.8) is 0 Å². The molecule has 4 nitrogen and oxygen atoms in total. The average molecular weight is 348 g/mol. The Labute approximate surface area is 144 Å². The van der Waals surface area contributed by atoms with E-state index in [-0.39, 0.29) is 5.91 Å². The van der Waals surface area contributed by atoms with Crippen molar-refractivity contribution in [2.75, 3.05) is 13.2 Å². The molecule has 0 saturated heterocycles. The van der Waals surface area contributed by atoms with Crippen LogP contribution in [0.4, 0.5) is 0 Å². The largest absolute Gasteiger partial charge is 0.492 e. The summed E-state index contributed by atoms with van der Waals surface area (Å²) in [6.07, 6.45) is 3.92. The van der Waals surface area contributed by atoms with Crippen LogP contribution in [0, 0.1) is 10.9 Å². The number of H-pyrrole nitrogens is 1. The summed E-state index contributed by atoms with van der Waals surface area (Å²) in [7, 11) is 0. The third-order valence-corrected chi connectivity index (χ3v) is 5.34. The fraction of sp³-hybridized carbons (Fsp3) is 0.412. The van der Waals surface area contributed by atoms with E-state index in [1.54, 1.807) is 0 Å². The number of carbonyl (C=O) groups excluding carboxylic acids is 1. The van der Waals surface area contributed by atoms with Crippen LogP contribution in [-0.4, -0.2) is 24.0 Å². The predicted molar refractivity (Wildman–Crippen MR) is 94.9 cm³/mol. The van der Waals surface area contributed by atoms with Gasteiger partial charge in [0.25, 0.3) is 0 Å². The maximum Gasteiger partial charge on any atom is 0.225 e. The highest BCUT2D eigenvalue weighted by Gasteiger charge is 2.11. The van der Waals surface area contributed by atoms with E-state index in [4.69, 9.17) is 17.0 Å². The van der Waals surface area contributed by atoms with Gasteiger partial charge in [-0.15, -0.1) is 11.3 Å². The van der Waals surface area contributed by atoms with E-state index in [2.05, 4.69) is 22.4 Å². The fourth-order valence-electron chi connectivity index (χ4n) is 2.81. The summed E-state index contributed by atoms with van der Waals surface area (Å²) < 4.78 is 6.44. The number of hydrogen-bond donors (Lipinski definition) is 2. The van der Waals surface area contributed by atoms with Crippen molar-refractivity contribution in [1.82, 2.24) is 10.3 Å². The first-order valence-electron chi connectivity index (χ1n) is 7.82. The van der Waals surface area contributed by atoms with E-state index in [1.165, 1.54) is 35.3 Å². The summed E-state index contributed by atoms with van der Waals surface area (Å²) in [5.41, 5.74) is 3.81. The number of rotatable bonds is 6. The van der Waals surface area contributed by atoms with Crippen molar-refractivity contribution in [2.24, 2.45) is 0 Å². The molecule has 0 atom stereocenters. The lowest BCUT2D eigenvalue weighted by molar-refractivity contribution is -0.120. The Kier molecular flexibility index (Phi) is 5.13. The Morgan fingerprint density at radius 2 is 2.22 bits per heavy atom. The van der Waals surface area contributed by atoms with Crippen molar-refractivity contribution in [3.8, 4) is 5.75 Å². The molecule has 2 aromatic rings. The van der Waals surface area contributed by atoms with Gasteiger partial charge in [-0.25, -0.2) is 0 Å². The first-order chi connectivity index (χ1) is 11.1. The molecular formula is C17H20N2O2S2. The molecule has 0 saturated carbocycles. The van der Waals surface area contributed by atoms with Crippen LogP contribution in [0.2, 0.25) is 0 Å². The van der Waals surface area contributed by atoms with Gasteiger partial charge in [-0.05, 0) is 61.7 Å². The summed E-state index contributed by atoms with van der Waals surface area (Å²) in [5.74, 6) is 0.884. The summed E-state index contributed by atoms with van der Waals surface area (Å²) in [5, 5.41) is 2.89. The van der Waals surface area contributed by atoms with Crippen LogP contribution in [0.1, 0.15) is 28.1 Å². The molecule has 0 unspecified atom stereocenters. The smallest absolute Gasteiger partial charge is 0.225 e. The Balaban J connectivity index is 1.42. The molecule has 6 heteroatoms. The lowest BCUT2D eigenvalue weighted by atomic mass is 10.1. The molecule has 23 heavy (non-hydrogen) atoms. The quantitative estimate of drug-likeness (QED) is 0.622. The molecule has 1 aromatic carbocycles. The molecular weight excluding hydrogens is 328 g/mol. The number of amides is 1. The van der Waals surface area contributed by atoms with Crippen LogP contribution in [0.15, 0.2) is 18.2 Å². The van der Waals surface area contributed by atoms with Gasteiger partial charge in [0.15, 0.2) is 3.95 Å². The van der Waals surface area contributed by atoms with Gasteiger partial charge >= 0.3 is 0 Å².